The molecule has 0 amide bonds. The van der Waals surface area contributed by atoms with E-state index < -0.39 is 21.9 Å². The Kier molecular flexibility index (Phi) is 3.77. The van der Waals surface area contributed by atoms with Gasteiger partial charge in [0, 0.05) is 18.5 Å². The van der Waals surface area contributed by atoms with Crippen LogP contribution in [0.25, 0.3) is 0 Å². The van der Waals surface area contributed by atoms with Crippen molar-refractivity contribution in [3.8, 4) is 0 Å². The Bertz CT molecular complexity index is 566. The van der Waals surface area contributed by atoms with Crippen LogP contribution in [0.3, 0.4) is 0 Å². The van der Waals surface area contributed by atoms with Gasteiger partial charge in [-0.05, 0) is 24.3 Å². The zero-order valence-electron chi connectivity index (χ0n) is 10.4. The molecule has 0 aromatic heterocycles. The second-order valence-corrected chi connectivity index (χ2v) is 6.43. The average molecular weight is 285 g/mol. The molecule has 0 aliphatic carbocycles. The van der Waals surface area contributed by atoms with Crippen LogP contribution in [0, 0.1) is 0 Å². The summed E-state index contributed by atoms with van der Waals surface area (Å²) in [4.78, 5) is 13.0. The summed E-state index contributed by atoms with van der Waals surface area (Å²) in [6, 6.07) is 6.41. The molecule has 0 spiro atoms. The number of hydrogen-bond acceptors (Lipinski definition) is 5. The van der Waals surface area contributed by atoms with Crippen molar-refractivity contribution >= 4 is 21.5 Å². The summed E-state index contributed by atoms with van der Waals surface area (Å²) >= 11 is 0. The van der Waals surface area contributed by atoms with Crippen LogP contribution in [0.1, 0.15) is 0 Å². The van der Waals surface area contributed by atoms with Crippen molar-refractivity contribution in [2.24, 2.45) is 0 Å². The molecular formula is C12H15NO5S. The summed E-state index contributed by atoms with van der Waals surface area (Å²) in [6.45, 7) is 1.18. The van der Waals surface area contributed by atoms with Crippen molar-refractivity contribution in [2.45, 2.75) is 11.0 Å². The van der Waals surface area contributed by atoms with Crippen LogP contribution in [0.5, 0.6) is 0 Å². The van der Waals surface area contributed by atoms with Gasteiger partial charge in [-0.15, -0.1) is 0 Å². The number of morpholine rings is 1. The Balaban J connectivity index is 2.16. The van der Waals surface area contributed by atoms with Crippen molar-refractivity contribution in [1.29, 1.82) is 0 Å². The molecule has 1 atom stereocenters. The van der Waals surface area contributed by atoms with Crippen molar-refractivity contribution in [1.82, 2.24) is 0 Å². The second-order valence-electron chi connectivity index (χ2n) is 4.41. The van der Waals surface area contributed by atoms with Crippen molar-refractivity contribution in [3.05, 3.63) is 24.3 Å². The van der Waals surface area contributed by atoms with Gasteiger partial charge in [0.2, 0.25) is 0 Å². The Morgan fingerprint density at radius 3 is 2.53 bits per heavy atom. The van der Waals surface area contributed by atoms with E-state index in [0.717, 1.165) is 11.9 Å². The standard InChI is InChI=1S/C12H15NO5S/c1-19(16,17)10-4-2-9(3-5-10)13-6-7-18-11(8-13)12(14)15/h2-5,11H,6-8H2,1H3,(H,14,15). The third kappa shape index (κ3) is 3.24. The first-order valence-electron chi connectivity index (χ1n) is 5.77. The van der Waals surface area contributed by atoms with Gasteiger partial charge in [-0.1, -0.05) is 0 Å². The van der Waals surface area contributed by atoms with E-state index in [-0.39, 0.29) is 11.4 Å². The molecule has 0 saturated carbocycles. The normalized spacial score (nSPS) is 20.3. The lowest BCUT2D eigenvalue weighted by Crippen LogP contribution is -2.46. The van der Waals surface area contributed by atoms with E-state index in [4.69, 9.17) is 9.84 Å². The summed E-state index contributed by atoms with van der Waals surface area (Å²) in [7, 11) is -3.21. The second kappa shape index (κ2) is 5.18. The van der Waals surface area contributed by atoms with Gasteiger partial charge in [-0.2, -0.15) is 0 Å². The summed E-state index contributed by atoms with van der Waals surface area (Å²) in [5.41, 5.74) is 0.793. The molecule has 0 bridgehead atoms. The number of ether oxygens (including phenoxy) is 1. The molecule has 0 radical (unpaired) electrons. The van der Waals surface area contributed by atoms with Crippen LogP contribution in [-0.4, -0.2) is 51.5 Å². The molecule has 6 nitrogen and oxygen atoms in total. The Hall–Kier alpha value is -1.60. The molecule has 104 valence electrons. The molecule has 1 heterocycles. The van der Waals surface area contributed by atoms with Gasteiger partial charge in [0.05, 0.1) is 18.0 Å². The topological polar surface area (TPSA) is 83.9 Å². The minimum atomic E-state index is -3.21. The number of carboxylic acid groups (broad SMARTS) is 1. The lowest BCUT2D eigenvalue weighted by molar-refractivity contribution is -0.150. The Morgan fingerprint density at radius 2 is 2.00 bits per heavy atom. The van der Waals surface area contributed by atoms with E-state index in [2.05, 4.69) is 0 Å². The van der Waals surface area contributed by atoms with Crippen LogP contribution in [0.2, 0.25) is 0 Å². The molecule has 1 aliphatic heterocycles. The zero-order valence-corrected chi connectivity index (χ0v) is 11.3. The first-order chi connectivity index (χ1) is 8.88. The maximum atomic E-state index is 11.4. The van der Waals surface area contributed by atoms with Gasteiger partial charge < -0.3 is 14.7 Å². The quantitative estimate of drug-likeness (QED) is 0.864. The number of rotatable bonds is 3. The molecular weight excluding hydrogens is 270 g/mol. The summed E-state index contributed by atoms with van der Waals surface area (Å²) in [5.74, 6) is -0.988. The molecule has 1 aromatic rings. The monoisotopic (exact) mass is 285 g/mol. The van der Waals surface area contributed by atoms with E-state index >= 15 is 0 Å². The molecule has 1 aliphatic rings. The molecule has 1 fully saturated rings. The highest BCUT2D eigenvalue weighted by Crippen LogP contribution is 2.20. The predicted molar refractivity (Wildman–Crippen MR) is 69.1 cm³/mol. The maximum absolute atomic E-state index is 11.4. The van der Waals surface area contributed by atoms with Crippen LogP contribution in [0.15, 0.2) is 29.2 Å². The fourth-order valence-electron chi connectivity index (χ4n) is 1.94. The van der Waals surface area contributed by atoms with Gasteiger partial charge in [-0.3, -0.25) is 0 Å². The molecule has 2 rings (SSSR count). The van der Waals surface area contributed by atoms with E-state index in [1.54, 1.807) is 12.1 Å². The third-order valence-corrected chi connectivity index (χ3v) is 4.10. The Morgan fingerprint density at radius 1 is 1.37 bits per heavy atom. The minimum Gasteiger partial charge on any atom is -0.479 e. The van der Waals surface area contributed by atoms with Gasteiger partial charge >= 0.3 is 5.97 Å². The minimum absolute atomic E-state index is 0.249. The van der Waals surface area contributed by atoms with Crippen molar-refractivity contribution in [2.75, 3.05) is 30.9 Å². The van der Waals surface area contributed by atoms with Gasteiger partial charge in [0.25, 0.3) is 0 Å². The van der Waals surface area contributed by atoms with E-state index in [1.165, 1.54) is 12.1 Å². The summed E-state index contributed by atoms with van der Waals surface area (Å²) < 4.78 is 27.8. The molecule has 1 unspecified atom stereocenters. The highest BCUT2D eigenvalue weighted by Gasteiger charge is 2.26. The fraction of sp³-hybridized carbons (Fsp3) is 0.417. The highest BCUT2D eigenvalue weighted by atomic mass is 32.2. The first kappa shape index (κ1) is 13.8. The van der Waals surface area contributed by atoms with Crippen molar-refractivity contribution < 1.29 is 23.1 Å². The first-order valence-corrected chi connectivity index (χ1v) is 7.66. The highest BCUT2D eigenvalue weighted by molar-refractivity contribution is 7.90. The summed E-state index contributed by atoms with van der Waals surface area (Å²) in [5, 5.41) is 8.92. The fourth-order valence-corrected chi connectivity index (χ4v) is 2.57. The van der Waals surface area contributed by atoms with E-state index in [9.17, 15) is 13.2 Å². The van der Waals surface area contributed by atoms with Gasteiger partial charge in [0.1, 0.15) is 0 Å². The SMILES string of the molecule is CS(=O)(=O)c1ccc(N2CCOC(C(=O)O)C2)cc1. The molecule has 1 saturated heterocycles. The van der Waals surface area contributed by atoms with Crippen LogP contribution in [0.4, 0.5) is 5.69 Å². The van der Waals surface area contributed by atoms with Crippen LogP contribution < -0.4 is 4.90 Å². The number of anilines is 1. The van der Waals surface area contributed by atoms with Gasteiger partial charge in [0.15, 0.2) is 15.9 Å². The molecule has 1 aromatic carbocycles. The number of carboxylic acids is 1. The lowest BCUT2D eigenvalue weighted by Gasteiger charge is -2.32. The predicted octanol–water partition coefficient (Wildman–Crippen LogP) is 0.380. The van der Waals surface area contributed by atoms with E-state index in [0.29, 0.717) is 13.2 Å². The average Bonchev–Trinajstić information content (AvgIpc) is 2.38. The number of carbonyl (C=O) groups is 1. The lowest BCUT2D eigenvalue weighted by atomic mass is 10.2. The van der Waals surface area contributed by atoms with Crippen LogP contribution >= 0.6 is 0 Å². The molecule has 19 heavy (non-hydrogen) atoms. The largest absolute Gasteiger partial charge is 0.479 e. The maximum Gasteiger partial charge on any atom is 0.334 e. The number of aliphatic carboxylic acids is 1. The van der Waals surface area contributed by atoms with E-state index in [1.807, 2.05) is 4.90 Å². The van der Waals surface area contributed by atoms with Crippen molar-refractivity contribution in [3.63, 3.8) is 0 Å². The number of hydrogen-bond donors (Lipinski definition) is 1. The Labute approximate surface area is 111 Å². The smallest absolute Gasteiger partial charge is 0.334 e. The number of benzene rings is 1. The number of nitrogens with zero attached hydrogens (tertiary/aromatic N) is 1. The molecule has 1 N–H and O–H groups in total. The van der Waals surface area contributed by atoms with Crippen LogP contribution in [-0.2, 0) is 19.4 Å². The summed E-state index contributed by atoms with van der Waals surface area (Å²) in [6.07, 6.45) is 0.306. The zero-order chi connectivity index (χ0) is 14.0. The van der Waals surface area contributed by atoms with Gasteiger partial charge in [-0.25, -0.2) is 13.2 Å². The molecule has 7 heteroatoms. The number of sulfone groups is 1. The third-order valence-electron chi connectivity index (χ3n) is 2.97.